The highest BCUT2D eigenvalue weighted by Crippen LogP contribution is 2.18. The molecule has 27 heavy (non-hydrogen) atoms. The summed E-state index contributed by atoms with van der Waals surface area (Å²) < 4.78 is 5.91. The van der Waals surface area contributed by atoms with E-state index in [1.807, 2.05) is 43.0 Å². The molecule has 0 unspecified atom stereocenters. The third kappa shape index (κ3) is 6.80. The van der Waals surface area contributed by atoms with Gasteiger partial charge in [-0.05, 0) is 13.0 Å². The van der Waals surface area contributed by atoms with E-state index < -0.39 is 6.10 Å². The molecule has 1 saturated heterocycles. The van der Waals surface area contributed by atoms with E-state index in [1.165, 1.54) is 0 Å². The van der Waals surface area contributed by atoms with Gasteiger partial charge in [0.1, 0.15) is 24.3 Å². The van der Waals surface area contributed by atoms with Crippen LogP contribution in [-0.2, 0) is 13.0 Å². The summed E-state index contributed by atoms with van der Waals surface area (Å²) in [7, 11) is 0. The van der Waals surface area contributed by atoms with Crippen molar-refractivity contribution >= 4 is 11.8 Å². The Hall–Kier alpha value is -1.61. The number of thioether (sulfide) groups is 1. The van der Waals surface area contributed by atoms with Crippen molar-refractivity contribution in [2.75, 3.05) is 44.3 Å². The van der Waals surface area contributed by atoms with Gasteiger partial charge in [-0.1, -0.05) is 18.2 Å². The van der Waals surface area contributed by atoms with Crippen LogP contribution in [0.5, 0.6) is 5.75 Å². The number of rotatable bonds is 10. The molecule has 1 aromatic heterocycles. The van der Waals surface area contributed by atoms with E-state index in [0.29, 0.717) is 19.7 Å². The summed E-state index contributed by atoms with van der Waals surface area (Å²) in [4.78, 5) is 6.61. The molecule has 3 rings (SSSR count). The summed E-state index contributed by atoms with van der Waals surface area (Å²) in [5.74, 6) is 4.78. The van der Waals surface area contributed by atoms with Crippen LogP contribution in [0.2, 0.25) is 0 Å². The largest absolute Gasteiger partial charge is 0.491 e. The van der Waals surface area contributed by atoms with Gasteiger partial charge in [-0.2, -0.15) is 16.9 Å². The average Bonchev–Trinajstić information content (AvgIpc) is 3.10. The minimum Gasteiger partial charge on any atom is -0.491 e. The molecule has 148 valence electrons. The Balaban J connectivity index is 1.41. The van der Waals surface area contributed by atoms with Gasteiger partial charge in [0, 0.05) is 56.2 Å². The van der Waals surface area contributed by atoms with Crippen molar-refractivity contribution in [3.8, 4) is 5.75 Å². The summed E-state index contributed by atoms with van der Waals surface area (Å²) >= 11 is 1.98. The normalized spacial score (nSPS) is 16.4. The molecule has 7 nitrogen and oxygen atoms in total. The summed E-state index contributed by atoms with van der Waals surface area (Å²) in [5, 5.41) is 20.7. The number of nitrogens with zero attached hydrogens (tertiary/aromatic N) is 3. The van der Waals surface area contributed by atoms with Crippen molar-refractivity contribution in [3.63, 3.8) is 0 Å². The second kappa shape index (κ2) is 10.7. The third-order valence-electron chi connectivity index (χ3n) is 4.46. The lowest BCUT2D eigenvalue weighted by Gasteiger charge is -2.28. The van der Waals surface area contributed by atoms with Crippen molar-refractivity contribution in [1.82, 2.24) is 25.4 Å². The smallest absolute Gasteiger partial charge is 0.151 e. The molecule has 1 aliphatic heterocycles. The highest BCUT2D eigenvalue weighted by molar-refractivity contribution is 7.99. The van der Waals surface area contributed by atoms with E-state index in [9.17, 15) is 5.11 Å². The first-order valence-electron chi connectivity index (χ1n) is 9.48. The summed E-state index contributed by atoms with van der Waals surface area (Å²) in [6, 6.07) is 7.97. The maximum Gasteiger partial charge on any atom is 0.151 e. The molecule has 8 heteroatoms. The minimum atomic E-state index is -0.469. The Kier molecular flexibility index (Phi) is 7.94. The fraction of sp³-hybridized carbons (Fsp3) is 0.579. The lowest BCUT2D eigenvalue weighted by Crippen LogP contribution is -2.40. The molecule has 1 atom stereocenters. The lowest BCUT2D eigenvalue weighted by molar-refractivity contribution is 0.0711. The standard InChI is InChI=1S/C19H29N5O2S/c1-15-21-19(23-22-15)6-7-20-12-16-4-2-3-5-18(16)26-14-17(25)13-24-8-10-27-11-9-24/h2-5,17,20,25H,6-14H2,1H3,(H,21,22,23)/t17-/m1/s1. The number of hydrogen-bond donors (Lipinski definition) is 3. The molecule has 0 radical (unpaired) electrons. The van der Waals surface area contributed by atoms with Crippen LogP contribution < -0.4 is 10.1 Å². The molecular weight excluding hydrogens is 362 g/mol. The number of aromatic amines is 1. The molecule has 0 bridgehead atoms. The SMILES string of the molecule is Cc1nc(CCNCc2ccccc2OC[C@H](O)CN2CCSCC2)n[nH]1. The summed E-state index contributed by atoms with van der Waals surface area (Å²) in [6.45, 7) is 6.49. The van der Waals surface area contributed by atoms with Crippen LogP contribution in [-0.4, -0.2) is 75.6 Å². The zero-order valence-electron chi connectivity index (χ0n) is 15.9. The molecule has 1 fully saturated rings. The minimum absolute atomic E-state index is 0.317. The van der Waals surface area contributed by atoms with Gasteiger partial charge in [0.15, 0.2) is 5.82 Å². The zero-order chi connectivity index (χ0) is 18.9. The fourth-order valence-corrected chi connectivity index (χ4v) is 4.01. The fourth-order valence-electron chi connectivity index (χ4n) is 3.04. The van der Waals surface area contributed by atoms with Crippen LogP contribution in [0.15, 0.2) is 24.3 Å². The predicted octanol–water partition coefficient (Wildman–Crippen LogP) is 1.23. The monoisotopic (exact) mass is 391 g/mol. The Morgan fingerprint density at radius 3 is 2.93 bits per heavy atom. The van der Waals surface area contributed by atoms with Crippen LogP contribution >= 0.6 is 11.8 Å². The van der Waals surface area contributed by atoms with Crippen molar-refractivity contribution in [3.05, 3.63) is 41.5 Å². The van der Waals surface area contributed by atoms with Gasteiger partial charge < -0.3 is 15.2 Å². The molecule has 3 N–H and O–H groups in total. The van der Waals surface area contributed by atoms with Crippen LogP contribution in [0.1, 0.15) is 17.2 Å². The Labute approximate surface area is 164 Å². The van der Waals surface area contributed by atoms with Gasteiger partial charge in [-0.15, -0.1) is 0 Å². The van der Waals surface area contributed by atoms with Gasteiger partial charge in [0.2, 0.25) is 0 Å². The predicted molar refractivity (Wildman–Crippen MR) is 108 cm³/mol. The Morgan fingerprint density at radius 1 is 1.33 bits per heavy atom. The molecule has 0 aliphatic carbocycles. The second-order valence-electron chi connectivity index (χ2n) is 6.75. The number of aliphatic hydroxyl groups excluding tert-OH is 1. The highest BCUT2D eigenvalue weighted by Gasteiger charge is 2.15. The molecule has 2 aromatic rings. The molecule has 0 saturated carbocycles. The summed E-state index contributed by atoms with van der Waals surface area (Å²) in [6.07, 6.45) is 0.309. The molecule has 1 aromatic carbocycles. The first-order valence-corrected chi connectivity index (χ1v) is 10.6. The quantitative estimate of drug-likeness (QED) is 0.525. The van der Waals surface area contributed by atoms with Gasteiger partial charge in [-0.25, -0.2) is 4.98 Å². The van der Waals surface area contributed by atoms with Crippen LogP contribution in [0, 0.1) is 6.92 Å². The van der Waals surface area contributed by atoms with Gasteiger partial charge in [0.05, 0.1) is 0 Å². The first kappa shape index (κ1) is 20.1. The number of aromatic nitrogens is 3. The molecule has 1 aliphatic rings. The number of hydrogen-bond acceptors (Lipinski definition) is 7. The number of ether oxygens (including phenoxy) is 1. The van der Waals surface area contributed by atoms with E-state index >= 15 is 0 Å². The van der Waals surface area contributed by atoms with Gasteiger partial charge >= 0.3 is 0 Å². The summed E-state index contributed by atoms with van der Waals surface area (Å²) in [5.41, 5.74) is 1.09. The van der Waals surface area contributed by atoms with E-state index in [1.54, 1.807) is 0 Å². The van der Waals surface area contributed by atoms with E-state index in [2.05, 4.69) is 25.4 Å². The number of nitrogens with one attached hydrogen (secondary N) is 2. The molecule has 0 amide bonds. The van der Waals surface area contributed by atoms with Crippen LogP contribution in [0.4, 0.5) is 0 Å². The van der Waals surface area contributed by atoms with E-state index in [4.69, 9.17) is 4.74 Å². The van der Waals surface area contributed by atoms with Crippen molar-refractivity contribution in [2.24, 2.45) is 0 Å². The topological polar surface area (TPSA) is 86.3 Å². The van der Waals surface area contributed by atoms with Crippen molar-refractivity contribution < 1.29 is 9.84 Å². The molecular formula is C19H29N5O2S. The zero-order valence-corrected chi connectivity index (χ0v) is 16.7. The third-order valence-corrected chi connectivity index (χ3v) is 5.40. The highest BCUT2D eigenvalue weighted by atomic mass is 32.2. The second-order valence-corrected chi connectivity index (χ2v) is 7.97. The maximum atomic E-state index is 10.3. The van der Waals surface area contributed by atoms with Gasteiger partial charge in [-0.3, -0.25) is 10.00 Å². The van der Waals surface area contributed by atoms with Crippen molar-refractivity contribution in [1.29, 1.82) is 0 Å². The van der Waals surface area contributed by atoms with E-state index in [-0.39, 0.29) is 0 Å². The first-order chi connectivity index (χ1) is 13.2. The molecule has 0 spiro atoms. The average molecular weight is 392 g/mol. The molecule has 2 heterocycles. The van der Waals surface area contributed by atoms with Crippen molar-refractivity contribution in [2.45, 2.75) is 26.0 Å². The van der Waals surface area contributed by atoms with Crippen LogP contribution in [0.3, 0.4) is 0 Å². The number of aryl methyl sites for hydroxylation is 1. The van der Waals surface area contributed by atoms with E-state index in [0.717, 1.165) is 60.5 Å². The number of benzene rings is 1. The Bertz CT molecular complexity index is 690. The lowest BCUT2D eigenvalue weighted by atomic mass is 10.2. The number of H-pyrrole nitrogens is 1. The van der Waals surface area contributed by atoms with Gasteiger partial charge in [0.25, 0.3) is 0 Å². The number of aliphatic hydroxyl groups is 1. The number of para-hydroxylation sites is 1. The maximum absolute atomic E-state index is 10.3. The Morgan fingerprint density at radius 2 is 2.15 bits per heavy atom. The van der Waals surface area contributed by atoms with Crippen LogP contribution in [0.25, 0.3) is 0 Å². The number of β-amino-alcohol motifs (C(OH)–C–C–N with tert-alkyl or cyclic N) is 1.